The summed E-state index contributed by atoms with van der Waals surface area (Å²) in [5.41, 5.74) is 5.15. The number of nitriles is 1. The fourth-order valence-electron chi connectivity index (χ4n) is 0.637. The van der Waals surface area contributed by atoms with Gasteiger partial charge in [-0.25, -0.2) is 0 Å². The van der Waals surface area contributed by atoms with Crippen LogP contribution < -0.4 is 11.1 Å². The van der Waals surface area contributed by atoms with Gasteiger partial charge in [-0.3, -0.25) is 9.59 Å². The van der Waals surface area contributed by atoms with Crippen LogP contribution in [0.25, 0.3) is 0 Å². The number of carboxylic acid groups (broad SMARTS) is 1. The molecule has 0 aliphatic rings. The highest BCUT2D eigenvalue weighted by molar-refractivity contribution is 5.78. The quantitative estimate of drug-likeness (QED) is 0.466. The Kier molecular flexibility index (Phi) is 5.23. The predicted molar refractivity (Wildman–Crippen MR) is 43.5 cm³/mol. The van der Waals surface area contributed by atoms with Gasteiger partial charge in [0.2, 0.25) is 5.91 Å². The average molecular weight is 185 g/mol. The summed E-state index contributed by atoms with van der Waals surface area (Å²) in [6.45, 7) is -0.0683. The number of aliphatic carboxylic acids is 1. The summed E-state index contributed by atoms with van der Waals surface area (Å²) in [6, 6.07) is 0.709. The molecule has 13 heavy (non-hydrogen) atoms. The first-order valence-electron chi connectivity index (χ1n) is 3.70. The zero-order valence-corrected chi connectivity index (χ0v) is 6.99. The monoisotopic (exact) mass is 185 g/mol. The van der Waals surface area contributed by atoms with Crippen molar-refractivity contribution in [2.45, 2.75) is 18.9 Å². The highest BCUT2D eigenvalue weighted by Crippen LogP contribution is 1.94. The third kappa shape index (κ3) is 5.64. The number of nitrogens with one attached hydrogen (secondary N) is 1. The van der Waals surface area contributed by atoms with Crippen LogP contribution >= 0.6 is 0 Å². The van der Waals surface area contributed by atoms with Crippen molar-refractivity contribution in [1.82, 2.24) is 5.32 Å². The molecule has 72 valence electrons. The Morgan fingerprint density at radius 2 is 2.23 bits per heavy atom. The van der Waals surface area contributed by atoms with E-state index in [0.29, 0.717) is 0 Å². The zero-order chi connectivity index (χ0) is 10.3. The van der Waals surface area contributed by atoms with Gasteiger partial charge < -0.3 is 16.2 Å². The Morgan fingerprint density at radius 3 is 2.69 bits per heavy atom. The van der Waals surface area contributed by atoms with E-state index in [0.717, 1.165) is 0 Å². The molecule has 0 heterocycles. The van der Waals surface area contributed by atoms with Crippen molar-refractivity contribution >= 4 is 11.9 Å². The number of carboxylic acids is 1. The predicted octanol–water partition coefficient (Wildman–Crippen LogP) is -1.18. The largest absolute Gasteiger partial charge is 0.480 e. The van der Waals surface area contributed by atoms with Gasteiger partial charge in [0.1, 0.15) is 12.6 Å². The van der Waals surface area contributed by atoms with Crippen LogP contribution in [0.3, 0.4) is 0 Å². The van der Waals surface area contributed by atoms with Gasteiger partial charge >= 0.3 is 5.97 Å². The van der Waals surface area contributed by atoms with Crippen molar-refractivity contribution in [2.24, 2.45) is 5.73 Å². The van der Waals surface area contributed by atoms with Crippen LogP contribution in [-0.2, 0) is 9.59 Å². The van der Waals surface area contributed by atoms with Gasteiger partial charge in [-0.15, -0.1) is 0 Å². The first kappa shape index (κ1) is 11.4. The molecule has 6 heteroatoms. The average Bonchev–Trinajstić information content (AvgIpc) is 2.10. The van der Waals surface area contributed by atoms with E-state index in [4.69, 9.17) is 16.1 Å². The Balaban J connectivity index is 3.59. The van der Waals surface area contributed by atoms with Crippen LogP contribution in [0, 0.1) is 11.3 Å². The van der Waals surface area contributed by atoms with Crippen molar-refractivity contribution in [3.63, 3.8) is 0 Å². The maximum Gasteiger partial charge on any atom is 0.320 e. The van der Waals surface area contributed by atoms with E-state index >= 15 is 0 Å². The van der Waals surface area contributed by atoms with Gasteiger partial charge in [0.05, 0.1) is 6.07 Å². The topological polar surface area (TPSA) is 116 Å². The lowest BCUT2D eigenvalue weighted by molar-refractivity contribution is -0.138. The van der Waals surface area contributed by atoms with E-state index in [1.807, 2.05) is 0 Å². The number of carbonyl (C=O) groups is 2. The number of hydrogen-bond donors (Lipinski definition) is 3. The summed E-state index contributed by atoms with van der Waals surface area (Å²) in [5, 5.41) is 18.7. The SMILES string of the molecule is N#CCNC(=O)CCC(N)C(=O)O. The lowest BCUT2D eigenvalue weighted by Gasteiger charge is -2.04. The Morgan fingerprint density at radius 1 is 1.62 bits per heavy atom. The highest BCUT2D eigenvalue weighted by Gasteiger charge is 2.12. The van der Waals surface area contributed by atoms with E-state index < -0.39 is 12.0 Å². The number of nitrogens with zero attached hydrogens (tertiary/aromatic N) is 1. The molecule has 0 aromatic carbocycles. The van der Waals surface area contributed by atoms with Gasteiger partial charge in [0.15, 0.2) is 0 Å². The maximum atomic E-state index is 10.8. The van der Waals surface area contributed by atoms with E-state index in [-0.39, 0.29) is 25.3 Å². The van der Waals surface area contributed by atoms with Crippen LogP contribution in [0.5, 0.6) is 0 Å². The molecule has 0 saturated heterocycles. The number of rotatable bonds is 5. The van der Waals surface area contributed by atoms with Gasteiger partial charge in [0, 0.05) is 6.42 Å². The van der Waals surface area contributed by atoms with E-state index in [9.17, 15) is 9.59 Å². The van der Waals surface area contributed by atoms with E-state index in [1.54, 1.807) is 6.07 Å². The fourth-order valence-corrected chi connectivity index (χ4v) is 0.637. The first-order chi connectivity index (χ1) is 6.07. The van der Waals surface area contributed by atoms with Crippen LogP contribution in [-0.4, -0.2) is 29.6 Å². The standard InChI is InChI=1S/C7H11N3O3/c8-3-4-10-6(11)2-1-5(9)7(12)13/h5H,1-2,4,9H2,(H,10,11)(H,12,13). The molecule has 1 unspecified atom stereocenters. The number of hydrogen-bond acceptors (Lipinski definition) is 4. The molecule has 0 aliphatic heterocycles. The van der Waals surface area contributed by atoms with Gasteiger partial charge in [-0.05, 0) is 6.42 Å². The second-order valence-electron chi connectivity index (χ2n) is 2.42. The summed E-state index contributed by atoms with van der Waals surface area (Å²) >= 11 is 0. The molecule has 4 N–H and O–H groups in total. The Hall–Kier alpha value is -1.61. The third-order valence-corrected chi connectivity index (χ3v) is 1.36. The van der Waals surface area contributed by atoms with Gasteiger partial charge in [0.25, 0.3) is 0 Å². The second kappa shape index (κ2) is 5.97. The maximum absolute atomic E-state index is 10.8. The van der Waals surface area contributed by atoms with Gasteiger partial charge in [-0.1, -0.05) is 0 Å². The molecule has 0 saturated carbocycles. The molecule has 0 aliphatic carbocycles. The number of amides is 1. The van der Waals surface area contributed by atoms with Crippen molar-refractivity contribution in [3.8, 4) is 6.07 Å². The molecule has 0 spiro atoms. The molecule has 0 radical (unpaired) electrons. The first-order valence-corrected chi connectivity index (χ1v) is 3.70. The zero-order valence-electron chi connectivity index (χ0n) is 6.99. The highest BCUT2D eigenvalue weighted by atomic mass is 16.4. The lowest BCUT2D eigenvalue weighted by atomic mass is 10.1. The summed E-state index contributed by atoms with van der Waals surface area (Å²) in [6.07, 6.45) is 0.0990. The Bertz CT molecular complexity index is 234. The molecule has 1 atom stereocenters. The molecule has 0 bridgehead atoms. The van der Waals surface area contributed by atoms with Crippen molar-refractivity contribution in [3.05, 3.63) is 0 Å². The molecule has 6 nitrogen and oxygen atoms in total. The summed E-state index contributed by atoms with van der Waals surface area (Å²) in [4.78, 5) is 21.0. The minimum Gasteiger partial charge on any atom is -0.480 e. The third-order valence-electron chi connectivity index (χ3n) is 1.36. The summed E-state index contributed by atoms with van der Waals surface area (Å²) in [7, 11) is 0. The van der Waals surface area contributed by atoms with E-state index in [1.165, 1.54) is 0 Å². The molecule has 0 aromatic rings. The van der Waals surface area contributed by atoms with Crippen molar-refractivity contribution in [1.29, 1.82) is 5.26 Å². The molecular formula is C7H11N3O3. The van der Waals surface area contributed by atoms with Crippen LogP contribution in [0.1, 0.15) is 12.8 Å². The molecule has 0 rings (SSSR count). The van der Waals surface area contributed by atoms with Crippen LogP contribution in [0.15, 0.2) is 0 Å². The van der Waals surface area contributed by atoms with Crippen LogP contribution in [0.2, 0.25) is 0 Å². The lowest BCUT2D eigenvalue weighted by Crippen LogP contribution is -2.32. The number of carbonyl (C=O) groups excluding carboxylic acids is 1. The fraction of sp³-hybridized carbons (Fsp3) is 0.571. The molecule has 1 amide bonds. The second-order valence-corrected chi connectivity index (χ2v) is 2.42. The van der Waals surface area contributed by atoms with Crippen molar-refractivity contribution in [2.75, 3.05) is 6.54 Å². The minimum atomic E-state index is -1.13. The van der Waals surface area contributed by atoms with Crippen LogP contribution in [0.4, 0.5) is 0 Å². The number of nitrogens with two attached hydrogens (primary N) is 1. The van der Waals surface area contributed by atoms with E-state index in [2.05, 4.69) is 5.32 Å². The molecule has 0 fully saturated rings. The molecular weight excluding hydrogens is 174 g/mol. The summed E-state index contributed by atoms with van der Waals surface area (Å²) < 4.78 is 0. The van der Waals surface area contributed by atoms with Gasteiger partial charge in [-0.2, -0.15) is 5.26 Å². The smallest absolute Gasteiger partial charge is 0.320 e. The normalized spacial score (nSPS) is 11.4. The van der Waals surface area contributed by atoms with Crippen molar-refractivity contribution < 1.29 is 14.7 Å². The Labute approximate surface area is 75.3 Å². The minimum absolute atomic E-state index is 0.0230. The summed E-state index contributed by atoms with van der Waals surface area (Å²) in [5.74, 6) is -1.49. The molecule has 0 aromatic heterocycles.